The van der Waals surface area contributed by atoms with E-state index in [-0.39, 0.29) is 5.60 Å². The highest BCUT2D eigenvalue weighted by atomic mass is 16.5. The molecule has 1 aliphatic heterocycles. The van der Waals surface area contributed by atoms with Gasteiger partial charge in [0.2, 0.25) is 0 Å². The number of hydrogen-bond acceptors (Lipinski definition) is 2. The molecule has 0 aliphatic carbocycles. The Morgan fingerprint density at radius 2 is 1.71 bits per heavy atom. The lowest BCUT2D eigenvalue weighted by molar-refractivity contribution is -0.130. The third-order valence-electron chi connectivity index (χ3n) is 3.80. The van der Waals surface area contributed by atoms with Gasteiger partial charge >= 0.3 is 0 Å². The molecule has 0 bridgehead atoms. The van der Waals surface area contributed by atoms with Crippen LogP contribution in [0.2, 0.25) is 0 Å². The molecule has 1 fully saturated rings. The lowest BCUT2D eigenvalue weighted by atomic mass is 9.75. The van der Waals surface area contributed by atoms with Gasteiger partial charge in [-0.15, -0.1) is 0 Å². The Bertz CT molecular complexity index is 434. The first-order valence-corrected chi connectivity index (χ1v) is 6.17. The van der Waals surface area contributed by atoms with Gasteiger partial charge < -0.3 is 9.84 Å². The summed E-state index contributed by atoms with van der Waals surface area (Å²) in [5, 5.41) is 11.1. The predicted molar refractivity (Wildman–Crippen MR) is 68.9 cm³/mol. The SMILES string of the molecule is Cc1ccccc1C1(O)CC(C)(C)OC1(C)C. The van der Waals surface area contributed by atoms with Crippen LogP contribution in [0.15, 0.2) is 24.3 Å². The maximum absolute atomic E-state index is 11.1. The Hall–Kier alpha value is -0.860. The zero-order valence-electron chi connectivity index (χ0n) is 11.4. The molecule has 0 aromatic heterocycles. The number of hydrogen-bond donors (Lipinski definition) is 1. The Morgan fingerprint density at radius 3 is 2.18 bits per heavy atom. The van der Waals surface area contributed by atoms with E-state index in [9.17, 15) is 5.11 Å². The molecule has 0 radical (unpaired) electrons. The fourth-order valence-electron chi connectivity index (χ4n) is 3.10. The first kappa shape index (κ1) is 12.6. The van der Waals surface area contributed by atoms with Gasteiger partial charge in [-0.2, -0.15) is 0 Å². The van der Waals surface area contributed by atoms with Crippen LogP contribution in [0.25, 0.3) is 0 Å². The predicted octanol–water partition coefficient (Wildman–Crippen LogP) is 3.16. The van der Waals surface area contributed by atoms with Gasteiger partial charge in [-0.3, -0.25) is 0 Å². The molecule has 1 aliphatic rings. The summed E-state index contributed by atoms with van der Waals surface area (Å²) in [6.45, 7) is 10.0. The van der Waals surface area contributed by atoms with Crippen molar-refractivity contribution >= 4 is 0 Å². The van der Waals surface area contributed by atoms with Crippen LogP contribution in [0.5, 0.6) is 0 Å². The summed E-state index contributed by atoms with van der Waals surface area (Å²) in [5.41, 5.74) is 0.324. The van der Waals surface area contributed by atoms with Gasteiger partial charge in [-0.25, -0.2) is 0 Å². The Balaban J connectivity index is 2.54. The van der Waals surface area contributed by atoms with Gasteiger partial charge in [0, 0.05) is 6.42 Å². The minimum absolute atomic E-state index is 0.291. The summed E-state index contributed by atoms with van der Waals surface area (Å²) in [6, 6.07) is 8.01. The van der Waals surface area contributed by atoms with Crippen LogP contribution in [0.3, 0.4) is 0 Å². The van der Waals surface area contributed by atoms with Gasteiger partial charge in [-0.05, 0) is 45.7 Å². The van der Waals surface area contributed by atoms with E-state index in [4.69, 9.17) is 4.74 Å². The second-order valence-electron chi connectivity index (χ2n) is 6.22. The molecule has 1 saturated heterocycles. The molecule has 17 heavy (non-hydrogen) atoms. The quantitative estimate of drug-likeness (QED) is 0.808. The van der Waals surface area contributed by atoms with E-state index in [0.717, 1.165) is 11.1 Å². The second-order valence-corrected chi connectivity index (χ2v) is 6.22. The van der Waals surface area contributed by atoms with E-state index in [0.29, 0.717) is 6.42 Å². The zero-order chi connectivity index (χ0) is 12.9. The number of ether oxygens (including phenoxy) is 1. The van der Waals surface area contributed by atoms with E-state index < -0.39 is 11.2 Å². The fourth-order valence-corrected chi connectivity index (χ4v) is 3.10. The van der Waals surface area contributed by atoms with Gasteiger partial charge in [0.05, 0.1) is 11.2 Å². The third-order valence-corrected chi connectivity index (χ3v) is 3.80. The zero-order valence-corrected chi connectivity index (χ0v) is 11.4. The van der Waals surface area contributed by atoms with Crippen molar-refractivity contribution in [1.29, 1.82) is 0 Å². The van der Waals surface area contributed by atoms with Crippen molar-refractivity contribution in [2.45, 2.75) is 57.8 Å². The van der Waals surface area contributed by atoms with E-state index in [2.05, 4.69) is 0 Å². The number of aliphatic hydroxyl groups is 1. The maximum atomic E-state index is 11.1. The Morgan fingerprint density at radius 1 is 1.12 bits per heavy atom. The molecule has 1 N–H and O–H groups in total. The van der Waals surface area contributed by atoms with Crippen LogP contribution in [0.4, 0.5) is 0 Å². The van der Waals surface area contributed by atoms with Crippen LogP contribution in [-0.2, 0) is 10.3 Å². The standard InChI is InChI=1S/C15H22O2/c1-11-8-6-7-9-12(11)15(16)10-13(2,3)17-14(15,4)5/h6-9,16H,10H2,1-5H3. The summed E-state index contributed by atoms with van der Waals surface area (Å²) in [5.74, 6) is 0. The van der Waals surface area contributed by atoms with Gasteiger partial charge in [0.1, 0.15) is 5.60 Å². The minimum atomic E-state index is -0.915. The fraction of sp³-hybridized carbons (Fsp3) is 0.600. The summed E-state index contributed by atoms with van der Waals surface area (Å²) in [7, 11) is 0. The molecule has 2 rings (SSSR count). The number of aryl methyl sites for hydroxylation is 1. The second kappa shape index (κ2) is 3.56. The van der Waals surface area contributed by atoms with Crippen molar-refractivity contribution in [1.82, 2.24) is 0 Å². The Kier molecular flexibility index (Phi) is 2.64. The first-order chi connectivity index (χ1) is 7.68. The van der Waals surface area contributed by atoms with Crippen LogP contribution in [-0.4, -0.2) is 16.3 Å². The van der Waals surface area contributed by atoms with Gasteiger partial charge in [0.25, 0.3) is 0 Å². The van der Waals surface area contributed by atoms with Crippen molar-refractivity contribution in [3.63, 3.8) is 0 Å². The molecule has 2 heteroatoms. The van der Waals surface area contributed by atoms with Crippen LogP contribution in [0.1, 0.15) is 45.2 Å². The summed E-state index contributed by atoms with van der Waals surface area (Å²) >= 11 is 0. The molecule has 1 aromatic carbocycles. The summed E-state index contributed by atoms with van der Waals surface area (Å²) in [4.78, 5) is 0. The molecule has 1 atom stereocenters. The van der Waals surface area contributed by atoms with Crippen LogP contribution in [0, 0.1) is 6.92 Å². The molecule has 1 heterocycles. The average Bonchev–Trinajstić information content (AvgIpc) is 2.31. The van der Waals surface area contributed by atoms with Crippen molar-refractivity contribution < 1.29 is 9.84 Å². The van der Waals surface area contributed by atoms with E-state index in [1.54, 1.807) is 0 Å². The number of benzene rings is 1. The smallest absolute Gasteiger partial charge is 0.121 e. The lowest BCUT2D eigenvalue weighted by Crippen LogP contribution is -2.44. The highest BCUT2D eigenvalue weighted by molar-refractivity contribution is 5.35. The minimum Gasteiger partial charge on any atom is -0.382 e. The molecule has 0 saturated carbocycles. The maximum Gasteiger partial charge on any atom is 0.121 e. The topological polar surface area (TPSA) is 29.5 Å². The van der Waals surface area contributed by atoms with Crippen molar-refractivity contribution in [3.8, 4) is 0 Å². The molecule has 94 valence electrons. The van der Waals surface area contributed by atoms with Gasteiger partial charge in [0.15, 0.2) is 0 Å². The van der Waals surface area contributed by atoms with Crippen LogP contribution < -0.4 is 0 Å². The van der Waals surface area contributed by atoms with E-state index in [1.807, 2.05) is 58.9 Å². The number of rotatable bonds is 1. The highest BCUT2D eigenvalue weighted by Crippen LogP contribution is 2.51. The molecular weight excluding hydrogens is 212 g/mol. The average molecular weight is 234 g/mol. The monoisotopic (exact) mass is 234 g/mol. The van der Waals surface area contributed by atoms with Crippen molar-refractivity contribution in [2.24, 2.45) is 0 Å². The van der Waals surface area contributed by atoms with Crippen molar-refractivity contribution in [2.75, 3.05) is 0 Å². The van der Waals surface area contributed by atoms with Crippen molar-refractivity contribution in [3.05, 3.63) is 35.4 Å². The molecule has 0 spiro atoms. The summed E-state index contributed by atoms with van der Waals surface area (Å²) < 4.78 is 6.01. The van der Waals surface area contributed by atoms with Gasteiger partial charge in [-0.1, -0.05) is 24.3 Å². The Labute approximate surface area is 104 Å². The molecule has 1 unspecified atom stereocenters. The molecule has 2 nitrogen and oxygen atoms in total. The third kappa shape index (κ3) is 1.90. The largest absolute Gasteiger partial charge is 0.382 e. The molecule has 0 amide bonds. The highest BCUT2D eigenvalue weighted by Gasteiger charge is 2.57. The molecule has 1 aromatic rings. The van der Waals surface area contributed by atoms with Crippen LogP contribution >= 0.6 is 0 Å². The molecular formula is C15H22O2. The van der Waals surface area contributed by atoms with E-state index >= 15 is 0 Å². The first-order valence-electron chi connectivity index (χ1n) is 6.17. The summed E-state index contributed by atoms with van der Waals surface area (Å²) in [6.07, 6.45) is 0.623. The van der Waals surface area contributed by atoms with E-state index in [1.165, 1.54) is 0 Å². The lowest BCUT2D eigenvalue weighted by Gasteiger charge is -2.36. The normalized spacial score (nSPS) is 30.5.